The molecule has 0 spiro atoms. The average Bonchev–Trinajstić information content (AvgIpc) is 2.59. The highest BCUT2D eigenvalue weighted by atomic mass is 35.5. The van der Waals surface area contributed by atoms with Gasteiger partial charge < -0.3 is 0 Å². The zero-order chi connectivity index (χ0) is 13.8. The van der Waals surface area contributed by atoms with Gasteiger partial charge in [0, 0.05) is 19.0 Å². The maximum Gasteiger partial charge on any atom is 0.244 e. The normalized spacial score (nSPS) is 12.0. The number of nitrogens with zero attached hydrogens (tertiary/aromatic N) is 2. The van der Waals surface area contributed by atoms with Crippen LogP contribution in [0.1, 0.15) is 31.2 Å². The van der Waals surface area contributed by atoms with Crippen molar-refractivity contribution in [2.75, 3.05) is 12.4 Å². The summed E-state index contributed by atoms with van der Waals surface area (Å²) in [6.07, 6.45) is 1.53. The van der Waals surface area contributed by atoms with Crippen LogP contribution in [0.5, 0.6) is 0 Å². The summed E-state index contributed by atoms with van der Waals surface area (Å²) in [5.41, 5.74) is 1.20. The van der Waals surface area contributed by atoms with Crippen LogP contribution in [0.3, 0.4) is 0 Å². The molecule has 0 fully saturated rings. The van der Waals surface area contributed by atoms with Crippen LogP contribution < -0.4 is 4.72 Å². The molecule has 0 saturated carbocycles. The van der Waals surface area contributed by atoms with E-state index < -0.39 is 10.0 Å². The van der Waals surface area contributed by atoms with Crippen LogP contribution in [0.4, 0.5) is 0 Å². The van der Waals surface area contributed by atoms with Gasteiger partial charge in [0.15, 0.2) is 0 Å². The molecule has 104 valence electrons. The fourth-order valence-corrected chi connectivity index (χ4v) is 3.47. The Morgan fingerprint density at radius 2 is 2.06 bits per heavy atom. The third-order valence-corrected chi connectivity index (χ3v) is 4.61. The number of sulfonamides is 1. The summed E-state index contributed by atoms with van der Waals surface area (Å²) in [6, 6.07) is 0. The van der Waals surface area contributed by atoms with Crippen molar-refractivity contribution in [2.24, 2.45) is 0 Å². The summed E-state index contributed by atoms with van der Waals surface area (Å²) in [5, 5.41) is 4.26. The topological polar surface area (TPSA) is 64.0 Å². The molecule has 0 unspecified atom stereocenters. The summed E-state index contributed by atoms with van der Waals surface area (Å²) in [4.78, 5) is 0.297. The van der Waals surface area contributed by atoms with E-state index in [4.69, 9.17) is 11.6 Å². The van der Waals surface area contributed by atoms with E-state index in [9.17, 15) is 8.42 Å². The fourth-order valence-electron chi connectivity index (χ4n) is 1.81. The van der Waals surface area contributed by atoms with Crippen LogP contribution >= 0.6 is 11.6 Å². The SMILES string of the molecule is CCCNS(=O)(=O)c1c(C)nn(CCCCl)c1C. The quantitative estimate of drug-likeness (QED) is 0.780. The number of rotatable bonds is 7. The molecule has 1 N–H and O–H groups in total. The molecule has 5 nitrogen and oxygen atoms in total. The number of halogens is 1. The molecule has 1 aromatic heterocycles. The van der Waals surface area contributed by atoms with Gasteiger partial charge in [-0.2, -0.15) is 5.10 Å². The van der Waals surface area contributed by atoms with Gasteiger partial charge in [-0.1, -0.05) is 6.92 Å². The molecule has 0 aliphatic carbocycles. The highest BCUT2D eigenvalue weighted by Gasteiger charge is 2.23. The van der Waals surface area contributed by atoms with E-state index in [-0.39, 0.29) is 0 Å². The van der Waals surface area contributed by atoms with Crippen molar-refractivity contribution in [1.29, 1.82) is 0 Å². The minimum absolute atomic E-state index is 0.297. The zero-order valence-electron chi connectivity index (χ0n) is 11.0. The molecule has 7 heteroatoms. The van der Waals surface area contributed by atoms with Gasteiger partial charge in [-0.3, -0.25) is 4.68 Å². The molecule has 0 saturated heterocycles. The molecule has 1 rings (SSSR count). The number of aryl methyl sites for hydroxylation is 2. The van der Waals surface area contributed by atoms with Crippen molar-refractivity contribution in [3.05, 3.63) is 11.4 Å². The van der Waals surface area contributed by atoms with E-state index >= 15 is 0 Å². The summed E-state index contributed by atoms with van der Waals surface area (Å²) < 4.78 is 28.5. The number of hydrogen-bond donors (Lipinski definition) is 1. The van der Waals surface area contributed by atoms with E-state index in [0.29, 0.717) is 35.3 Å². The molecular weight excluding hydrogens is 274 g/mol. The monoisotopic (exact) mass is 293 g/mol. The van der Waals surface area contributed by atoms with Crippen molar-refractivity contribution >= 4 is 21.6 Å². The van der Waals surface area contributed by atoms with E-state index in [2.05, 4.69) is 9.82 Å². The predicted octanol–water partition coefficient (Wildman–Crippen LogP) is 1.82. The second-order valence-corrected chi connectivity index (χ2v) is 6.25. The van der Waals surface area contributed by atoms with E-state index in [1.807, 2.05) is 6.92 Å². The van der Waals surface area contributed by atoms with Gasteiger partial charge in [0.05, 0.1) is 11.4 Å². The van der Waals surface area contributed by atoms with Crippen LogP contribution in [0.25, 0.3) is 0 Å². The largest absolute Gasteiger partial charge is 0.268 e. The molecule has 18 heavy (non-hydrogen) atoms. The van der Waals surface area contributed by atoms with Crippen LogP contribution in [0.15, 0.2) is 4.90 Å². The highest BCUT2D eigenvalue weighted by Crippen LogP contribution is 2.19. The molecule has 1 aromatic rings. The number of nitrogens with one attached hydrogen (secondary N) is 1. The summed E-state index contributed by atoms with van der Waals surface area (Å²) >= 11 is 5.64. The van der Waals surface area contributed by atoms with Gasteiger partial charge in [0.25, 0.3) is 0 Å². The first kappa shape index (κ1) is 15.5. The fraction of sp³-hybridized carbons (Fsp3) is 0.727. The highest BCUT2D eigenvalue weighted by molar-refractivity contribution is 7.89. The molecule has 1 heterocycles. The van der Waals surface area contributed by atoms with E-state index in [1.54, 1.807) is 18.5 Å². The second kappa shape index (κ2) is 6.54. The Balaban J connectivity index is 3.05. The lowest BCUT2D eigenvalue weighted by molar-refractivity contribution is 0.573. The van der Waals surface area contributed by atoms with Gasteiger partial charge >= 0.3 is 0 Å². The Bertz CT molecular complexity index is 497. The van der Waals surface area contributed by atoms with Crippen LogP contribution in [0, 0.1) is 13.8 Å². The van der Waals surface area contributed by atoms with Crippen LogP contribution in [-0.2, 0) is 16.6 Å². The Morgan fingerprint density at radius 1 is 1.39 bits per heavy atom. The third-order valence-electron chi connectivity index (χ3n) is 2.63. The lowest BCUT2D eigenvalue weighted by Gasteiger charge is -2.06. The lowest BCUT2D eigenvalue weighted by atomic mass is 10.4. The van der Waals surface area contributed by atoms with Gasteiger partial charge in [-0.15, -0.1) is 11.6 Å². The summed E-state index contributed by atoms with van der Waals surface area (Å²) in [5.74, 6) is 0.536. The van der Waals surface area contributed by atoms with Crippen molar-refractivity contribution in [1.82, 2.24) is 14.5 Å². The van der Waals surface area contributed by atoms with Crippen LogP contribution in [0.2, 0.25) is 0 Å². The number of hydrogen-bond acceptors (Lipinski definition) is 3. The summed E-state index contributed by atoms with van der Waals surface area (Å²) in [6.45, 7) is 6.49. The minimum atomic E-state index is -3.45. The lowest BCUT2D eigenvalue weighted by Crippen LogP contribution is -2.25. The van der Waals surface area contributed by atoms with Crippen molar-refractivity contribution < 1.29 is 8.42 Å². The molecule has 0 aromatic carbocycles. The van der Waals surface area contributed by atoms with Crippen molar-refractivity contribution in [3.63, 3.8) is 0 Å². The standard InChI is InChI=1S/C11H20ClN3O2S/c1-4-7-13-18(16,17)11-9(2)14-15(10(11)3)8-5-6-12/h13H,4-8H2,1-3H3. The molecule has 0 radical (unpaired) electrons. The number of aromatic nitrogens is 2. The Hall–Kier alpha value is -0.590. The zero-order valence-corrected chi connectivity index (χ0v) is 12.6. The van der Waals surface area contributed by atoms with Gasteiger partial charge in [-0.05, 0) is 26.7 Å². The maximum absolute atomic E-state index is 12.1. The molecule has 0 amide bonds. The van der Waals surface area contributed by atoms with Crippen molar-refractivity contribution in [3.8, 4) is 0 Å². The Labute approximate surface area is 114 Å². The molecular formula is C11H20ClN3O2S. The summed E-state index contributed by atoms with van der Waals surface area (Å²) in [7, 11) is -3.45. The molecule has 0 bridgehead atoms. The Kier molecular flexibility index (Phi) is 5.62. The van der Waals surface area contributed by atoms with E-state index in [0.717, 1.165) is 12.8 Å². The predicted molar refractivity (Wildman–Crippen MR) is 72.5 cm³/mol. The van der Waals surface area contributed by atoms with E-state index in [1.165, 1.54) is 0 Å². The maximum atomic E-state index is 12.1. The molecule has 0 aliphatic heterocycles. The van der Waals surface area contributed by atoms with Gasteiger partial charge in [0.1, 0.15) is 4.90 Å². The first-order chi connectivity index (χ1) is 8.44. The molecule has 0 atom stereocenters. The van der Waals surface area contributed by atoms with Gasteiger partial charge in [-0.25, -0.2) is 13.1 Å². The second-order valence-electron chi connectivity index (χ2n) is 4.16. The van der Waals surface area contributed by atoms with Crippen molar-refractivity contribution in [2.45, 2.75) is 45.1 Å². The minimum Gasteiger partial charge on any atom is -0.268 e. The number of alkyl halides is 1. The first-order valence-electron chi connectivity index (χ1n) is 6.03. The Morgan fingerprint density at radius 3 is 2.61 bits per heavy atom. The average molecular weight is 294 g/mol. The third kappa shape index (κ3) is 3.46. The molecule has 0 aliphatic rings. The first-order valence-corrected chi connectivity index (χ1v) is 8.05. The smallest absolute Gasteiger partial charge is 0.244 e. The van der Waals surface area contributed by atoms with Crippen LogP contribution in [-0.4, -0.2) is 30.6 Å². The van der Waals surface area contributed by atoms with Gasteiger partial charge in [0.2, 0.25) is 10.0 Å².